The Morgan fingerprint density at radius 1 is 1.75 bits per heavy atom. The van der Waals surface area contributed by atoms with E-state index in [0.717, 1.165) is 11.4 Å². The Labute approximate surface area is 99.0 Å². The van der Waals surface area contributed by atoms with Crippen molar-refractivity contribution in [3.05, 3.63) is 16.1 Å². The molecule has 0 radical (unpaired) electrons. The van der Waals surface area contributed by atoms with Gasteiger partial charge in [-0.25, -0.2) is 4.98 Å². The quantitative estimate of drug-likeness (QED) is 0.773. The molecule has 6 heteroatoms. The average Bonchev–Trinajstić information content (AvgIpc) is 2.76. The number of carbonyl (C=O) groups excluding carboxylic acids is 1. The molecule has 5 nitrogen and oxygen atoms in total. The first-order valence-corrected chi connectivity index (χ1v) is 6.03. The van der Waals surface area contributed by atoms with Gasteiger partial charge in [0, 0.05) is 19.0 Å². The molecule has 1 unspecified atom stereocenters. The molecule has 1 atom stereocenters. The number of thiazole rings is 1. The largest absolute Gasteiger partial charge is 0.383 e. The summed E-state index contributed by atoms with van der Waals surface area (Å²) in [5.74, 6) is -0.167. The van der Waals surface area contributed by atoms with E-state index in [1.54, 1.807) is 12.5 Å². The maximum atomic E-state index is 11.8. The molecule has 0 fully saturated rings. The number of carbonyl (C=O) groups is 1. The Hall–Kier alpha value is -0.980. The predicted octanol–water partition coefficient (Wildman–Crippen LogP) is 0.757. The number of aromatic nitrogens is 1. The maximum absolute atomic E-state index is 11.8. The highest BCUT2D eigenvalue weighted by Crippen LogP contribution is 2.09. The van der Waals surface area contributed by atoms with Crippen LogP contribution in [0.25, 0.3) is 0 Å². The molecule has 1 heterocycles. The molecule has 1 aromatic heterocycles. The van der Waals surface area contributed by atoms with Gasteiger partial charge in [-0.05, 0) is 6.42 Å². The number of nitrogens with zero attached hydrogens (tertiary/aromatic N) is 1. The van der Waals surface area contributed by atoms with Crippen LogP contribution in [0, 0.1) is 0 Å². The molecule has 1 amide bonds. The van der Waals surface area contributed by atoms with Crippen LogP contribution < -0.4 is 11.1 Å². The maximum Gasteiger partial charge on any atom is 0.271 e. The zero-order valence-corrected chi connectivity index (χ0v) is 10.3. The topological polar surface area (TPSA) is 77.2 Å². The Morgan fingerprint density at radius 2 is 2.50 bits per heavy atom. The van der Waals surface area contributed by atoms with Crippen LogP contribution in [0.3, 0.4) is 0 Å². The van der Waals surface area contributed by atoms with Gasteiger partial charge in [-0.3, -0.25) is 4.79 Å². The molecule has 16 heavy (non-hydrogen) atoms. The van der Waals surface area contributed by atoms with Gasteiger partial charge in [0.05, 0.1) is 12.6 Å². The standard InChI is InChI=1S/C10H17N3O2S/c1-3-7(5-15-2)12-10(14)8-6-16-9(4-11)13-8/h6-7H,3-5,11H2,1-2H3,(H,12,14). The average molecular weight is 243 g/mol. The number of hydrogen-bond acceptors (Lipinski definition) is 5. The van der Waals surface area contributed by atoms with Crippen molar-refractivity contribution in [1.82, 2.24) is 10.3 Å². The molecule has 1 rings (SSSR count). The number of ether oxygens (including phenoxy) is 1. The van der Waals surface area contributed by atoms with E-state index in [1.807, 2.05) is 6.92 Å². The van der Waals surface area contributed by atoms with E-state index >= 15 is 0 Å². The highest BCUT2D eigenvalue weighted by Gasteiger charge is 2.14. The molecule has 0 spiro atoms. The van der Waals surface area contributed by atoms with Gasteiger partial charge in [-0.1, -0.05) is 6.92 Å². The molecule has 3 N–H and O–H groups in total. The van der Waals surface area contributed by atoms with E-state index in [4.69, 9.17) is 10.5 Å². The molecule has 1 aromatic rings. The molecule has 0 aliphatic heterocycles. The van der Waals surface area contributed by atoms with Gasteiger partial charge in [0.1, 0.15) is 10.7 Å². The summed E-state index contributed by atoms with van der Waals surface area (Å²) in [6.45, 7) is 2.87. The van der Waals surface area contributed by atoms with Gasteiger partial charge < -0.3 is 15.8 Å². The van der Waals surface area contributed by atoms with Gasteiger partial charge in [0.15, 0.2) is 0 Å². The lowest BCUT2D eigenvalue weighted by Gasteiger charge is -2.14. The van der Waals surface area contributed by atoms with E-state index in [0.29, 0.717) is 18.8 Å². The van der Waals surface area contributed by atoms with Crippen LogP contribution in [0.5, 0.6) is 0 Å². The minimum absolute atomic E-state index is 0.0283. The van der Waals surface area contributed by atoms with Crippen molar-refractivity contribution in [2.45, 2.75) is 25.9 Å². The molecular formula is C10H17N3O2S. The number of nitrogens with one attached hydrogen (secondary N) is 1. The van der Waals surface area contributed by atoms with Crippen molar-refractivity contribution in [3.8, 4) is 0 Å². The van der Waals surface area contributed by atoms with Gasteiger partial charge in [-0.15, -0.1) is 11.3 Å². The van der Waals surface area contributed by atoms with Crippen molar-refractivity contribution in [1.29, 1.82) is 0 Å². The Bertz CT molecular complexity index is 341. The SMILES string of the molecule is CCC(COC)NC(=O)c1csc(CN)n1. The molecular weight excluding hydrogens is 226 g/mol. The summed E-state index contributed by atoms with van der Waals surface area (Å²) < 4.78 is 5.01. The number of nitrogens with two attached hydrogens (primary N) is 1. The summed E-state index contributed by atoms with van der Waals surface area (Å²) in [6, 6.07) is 0.0283. The number of hydrogen-bond donors (Lipinski definition) is 2. The Morgan fingerprint density at radius 3 is 3.00 bits per heavy atom. The van der Waals surface area contributed by atoms with Crippen LogP contribution in [0.15, 0.2) is 5.38 Å². The van der Waals surface area contributed by atoms with E-state index in [9.17, 15) is 4.79 Å². The second-order valence-corrected chi connectivity index (χ2v) is 4.31. The van der Waals surface area contributed by atoms with Crippen LogP contribution in [-0.2, 0) is 11.3 Å². The van der Waals surface area contributed by atoms with Crippen molar-refractivity contribution in [2.24, 2.45) is 5.73 Å². The lowest BCUT2D eigenvalue weighted by molar-refractivity contribution is 0.0890. The third-order valence-electron chi connectivity index (χ3n) is 2.15. The van der Waals surface area contributed by atoms with Crippen molar-refractivity contribution in [3.63, 3.8) is 0 Å². The first-order chi connectivity index (χ1) is 7.71. The summed E-state index contributed by atoms with van der Waals surface area (Å²) in [5, 5.41) is 5.35. The summed E-state index contributed by atoms with van der Waals surface area (Å²) in [4.78, 5) is 15.9. The summed E-state index contributed by atoms with van der Waals surface area (Å²) in [6.07, 6.45) is 0.827. The third-order valence-corrected chi connectivity index (χ3v) is 3.03. The minimum Gasteiger partial charge on any atom is -0.383 e. The van der Waals surface area contributed by atoms with Crippen LogP contribution >= 0.6 is 11.3 Å². The second-order valence-electron chi connectivity index (χ2n) is 3.36. The normalized spacial score (nSPS) is 12.4. The molecule has 0 aromatic carbocycles. The first-order valence-electron chi connectivity index (χ1n) is 5.15. The minimum atomic E-state index is -0.167. The molecule has 0 aliphatic carbocycles. The molecule has 0 saturated heterocycles. The van der Waals surface area contributed by atoms with E-state index in [2.05, 4.69) is 10.3 Å². The van der Waals surface area contributed by atoms with Gasteiger partial charge >= 0.3 is 0 Å². The summed E-state index contributed by atoms with van der Waals surface area (Å²) in [7, 11) is 1.62. The number of rotatable bonds is 6. The summed E-state index contributed by atoms with van der Waals surface area (Å²) >= 11 is 1.40. The fourth-order valence-electron chi connectivity index (χ4n) is 1.23. The van der Waals surface area contributed by atoms with Gasteiger partial charge in [0.25, 0.3) is 5.91 Å². The molecule has 90 valence electrons. The van der Waals surface area contributed by atoms with Crippen LogP contribution in [-0.4, -0.2) is 30.6 Å². The van der Waals surface area contributed by atoms with Crippen molar-refractivity contribution >= 4 is 17.2 Å². The van der Waals surface area contributed by atoms with E-state index < -0.39 is 0 Å². The van der Waals surface area contributed by atoms with Gasteiger partial charge in [-0.2, -0.15) is 0 Å². The van der Waals surface area contributed by atoms with Gasteiger partial charge in [0.2, 0.25) is 0 Å². The number of amides is 1. The first kappa shape index (κ1) is 13.1. The second kappa shape index (κ2) is 6.57. The van der Waals surface area contributed by atoms with Crippen LogP contribution in [0.2, 0.25) is 0 Å². The Balaban J connectivity index is 2.56. The number of methoxy groups -OCH3 is 1. The highest BCUT2D eigenvalue weighted by atomic mass is 32.1. The van der Waals surface area contributed by atoms with Crippen molar-refractivity contribution in [2.75, 3.05) is 13.7 Å². The van der Waals surface area contributed by atoms with Crippen LogP contribution in [0.1, 0.15) is 28.8 Å². The van der Waals surface area contributed by atoms with E-state index in [-0.39, 0.29) is 11.9 Å². The third kappa shape index (κ3) is 3.55. The van der Waals surface area contributed by atoms with Crippen LogP contribution in [0.4, 0.5) is 0 Å². The smallest absolute Gasteiger partial charge is 0.271 e. The highest BCUT2D eigenvalue weighted by molar-refractivity contribution is 7.09. The molecule has 0 bridgehead atoms. The lowest BCUT2D eigenvalue weighted by atomic mass is 10.2. The summed E-state index contributed by atoms with van der Waals surface area (Å²) in [5.41, 5.74) is 5.87. The van der Waals surface area contributed by atoms with E-state index in [1.165, 1.54) is 11.3 Å². The fourth-order valence-corrected chi connectivity index (χ4v) is 1.89. The lowest BCUT2D eigenvalue weighted by Crippen LogP contribution is -2.37. The predicted molar refractivity (Wildman–Crippen MR) is 63.4 cm³/mol. The zero-order chi connectivity index (χ0) is 12.0. The zero-order valence-electron chi connectivity index (χ0n) is 9.53. The van der Waals surface area contributed by atoms with Crippen molar-refractivity contribution < 1.29 is 9.53 Å². The molecule has 0 aliphatic rings. The monoisotopic (exact) mass is 243 g/mol. The fraction of sp³-hybridized carbons (Fsp3) is 0.600. The molecule has 0 saturated carbocycles. The Kier molecular flexibility index (Phi) is 5.37.